The fraction of sp³-hybridized carbons (Fsp3) is 0.192. The van der Waals surface area contributed by atoms with E-state index in [1.165, 1.54) is 24.3 Å². The average Bonchev–Trinajstić information content (AvgIpc) is 3.30. The number of fused-ring (bicyclic) bond motifs is 1. The minimum absolute atomic E-state index is 0.150. The maximum atomic E-state index is 15.2. The van der Waals surface area contributed by atoms with E-state index in [9.17, 15) is 26.8 Å². The average molecular weight is 559 g/mol. The Kier molecular flexibility index (Phi) is 6.64. The first kappa shape index (κ1) is 26.4. The molecule has 1 atom stereocenters. The third-order valence-electron chi connectivity index (χ3n) is 6.32. The van der Waals surface area contributed by atoms with Crippen molar-refractivity contribution in [3.8, 4) is 5.69 Å². The van der Waals surface area contributed by atoms with E-state index < -0.39 is 49.9 Å². The number of rotatable bonds is 5. The first-order chi connectivity index (χ1) is 18.4. The van der Waals surface area contributed by atoms with E-state index in [1.54, 1.807) is 11.8 Å². The summed E-state index contributed by atoms with van der Waals surface area (Å²) in [6.45, 7) is 2.39. The number of nitrogens with zero attached hydrogens (tertiary/aromatic N) is 3. The molecule has 0 spiro atoms. The van der Waals surface area contributed by atoms with Crippen LogP contribution < -0.4 is 16.1 Å². The number of carbonyl (C=O) groups is 1. The van der Waals surface area contributed by atoms with Crippen LogP contribution >= 0.6 is 0 Å². The standard InChI is InChI=1S/C26H21F3N4O5S/c1-14-2-5-17(6-3-14)39(36,37)38-26(35)19-13-33(22-7-4-15(27)10-20(22)28)24-18(23(19)34)11-21(29)25(31-24)32-9-8-16(30)12-32/h2-7,10-11,13,16H,8-9,12,30H2,1H3. The minimum Gasteiger partial charge on any atom is -0.353 e. The van der Waals surface area contributed by atoms with Crippen molar-refractivity contribution in [3.05, 3.63) is 93.5 Å². The topological polar surface area (TPSA) is 125 Å². The van der Waals surface area contributed by atoms with Gasteiger partial charge in [0.05, 0.1) is 11.1 Å². The monoisotopic (exact) mass is 558 g/mol. The van der Waals surface area contributed by atoms with Crippen LogP contribution in [0.15, 0.2) is 64.4 Å². The third kappa shape index (κ3) is 4.98. The van der Waals surface area contributed by atoms with Gasteiger partial charge in [0, 0.05) is 31.4 Å². The molecule has 1 aliphatic heterocycles. The molecule has 3 heterocycles. The van der Waals surface area contributed by atoms with Crippen molar-refractivity contribution in [2.24, 2.45) is 5.73 Å². The molecule has 1 unspecified atom stereocenters. The molecular weight excluding hydrogens is 537 g/mol. The van der Waals surface area contributed by atoms with Crippen LogP contribution in [-0.4, -0.2) is 43.1 Å². The lowest BCUT2D eigenvalue weighted by Crippen LogP contribution is -2.28. The highest BCUT2D eigenvalue weighted by Crippen LogP contribution is 2.27. The fourth-order valence-corrected chi connectivity index (χ4v) is 5.17. The number of aryl methyl sites for hydroxylation is 1. The number of halogens is 3. The highest BCUT2D eigenvalue weighted by atomic mass is 32.2. The van der Waals surface area contributed by atoms with Crippen molar-refractivity contribution in [1.29, 1.82) is 0 Å². The van der Waals surface area contributed by atoms with Gasteiger partial charge in [0.1, 0.15) is 22.1 Å². The number of benzene rings is 2. The van der Waals surface area contributed by atoms with Crippen molar-refractivity contribution >= 4 is 32.9 Å². The highest BCUT2D eigenvalue weighted by Gasteiger charge is 2.28. The van der Waals surface area contributed by atoms with Crippen molar-refractivity contribution in [2.75, 3.05) is 18.0 Å². The molecule has 0 aliphatic carbocycles. The number of nitrogens with two attached hydrogens (primary N) is 1. The first-order valence-electron chi connectivity index (χ1n) is 11.7. The van der Waals surface area contributed by atoms with Gasteiger partial charge in [0.2, 0.25) is 5.43 Å². The summed E-state index contributed by atoms with van der Waals surface area (Å²) >= 11 is 0. The fourth-order valence-electron chi connectivity index (χ4n) is 4.32. The Morgan fingerprint density at radius 3 is 2.44 bits per heavy atom. The van der Waals surface area contributed by atoms with Crippen LogP contribution in [0.25, 0.3) is 16.7 Å². The van der Waals surface area contributed by atoms with Gasteiger partial charge in [-0.3, -0.25) is 9.36 Å². The van der Waals surface area contributed by atoms with E-state index in [0.717, 1.165) is 34.5 Å². The van der Waals surface area contributed by atoms with Crippen LogP contribution in [0.2, 0.25) is 0 Å². The summed E-state index contributed by atoms with van der Waals surface area (Å²) < 4.78 is 74.7. The van der Waals surface area contributed by atoms with E-state index in [-0.39, 0.29) is 34.6 Å². The number of carbonyl (C=O) groups excluding carboxylic acids is 1. The second-order valence-electron chi connectivity index (χ2n) is 9.14. The molecule has 0 amide bonds. The number of hydrogen-bond acceptors (Lipinski definition) is 8. The Morgan fingerprint density at radius 2 is 1.79 bits per heavy atom. The van der Waals surface area contributed by atoms with Gasteiger partial charge >= 0.3 is 16.1 Å². The molecule has 9 nitrogen and oxygen atoms in total. The first-order valence-corrected chi connectivity index (χ1v) is 13.1. The predicted octanol–water partition coefficient (Wildman–Crippen LogP) is 3.19. The van der Waals surface area contributed by atoms with E-state index >= 15 is 4.39 Å². The molecule has 13 heteroatoms. The Hall–Kier alpha value is -4.23. The van der Waals surface area contributed by atoms with Gasteiger partial charge in [-0.2, -0.15) is 8.42 Å². The normalized spacial score (nSPS) is 15.6. The molecule has 0 radical (unpaired) electrons. The lowest BCUT2D eigenvalue weighted by Gasteiger charge is -2.20. The van der Waals surface area contributed by atoms with Crippen LogP contribution in [0.5, 0.6) is 0 Å². The zero-order valence-corrected chi connectivity index (χ0v) is 21.2. The second kappa shape index (κ2) is 9.82. The molecule has 0 bridgehead atoms. The highest BCUT2D eigenvalue weighted by molar-refractivity contribution is 7.87. The molecule has 1 fully saturated rings. The molecule has 202 valence electrons. The molecule has 1 saturated heterocycles. The molecule has 0 saturated carbocycles. The summed E-state index contributed by atoms with van der Waals surface area (Å²) in [6.07, 6.45) is 1.40. The lowest BCUT2D eigenvalue weighted by atomic mass is 10.1. The SMILES string of the molecule is Cc1ccc(S(=O)(=O)OC(=O)c2cn(-c3ccc(F)cc3F)c3nc(N4CCC(N)C4)c(F)cc3c2=O)cc1. The number of pyridine rings is 2. The third-order valence-corrected chi connectivity index (χ3v) is 7.54. The molecule has 1 aliphatic rings. The Bertz CT molecular complexity index is 1790. The number of anilines is 1. The zero-order valence-electron chi connectivity index (χ0n) is 20.4. The summed E-state index contributed by atoms with van der Waals surface area (Å²) in [7, 11) is -4.65. The van der Waals surface area contributed by atoms with Gasteiger partial charge in [0.15, 0.2) is 17.3 Å². The molecule has 4 aromatic rings. The quantitative estimate of drug-likeness (QED) is 0.371. The molecule has 2 aromatic carbocycles. The maximum Gasteiger partial charge on any atom is 0.359 e. The Morgan fingerprint density at radius 1 is 1.08 bits per heavy atom. The van der Waals surface area contributed by atoms with Gasteiger partial charge in [-0.25, -0.2) is 22.9 Å². The Labute approximate surface area is 220 Å². The van der Waals surface area contributed by atoms with Gasteiger partial charge in [0.25, 0.3) is 0 Å². The summed E-state index contributed by atoms with van der Waals surface area (Å²) in [6, 6.07) is 8.54. The minimum atomic E-state index is -4.65. The van der Waals surface area contributed by atoms with Crippen molar-refractivity contribution in [2.45, 2.75) is 24.3 Å². The van der Waals surface area contributed by atoms with E-state index in [4.69, 9.17) is 9.92 Å². The summed E-state index contributed by atoms with van der Waals surface area (Å²) in [5.74, 6) is -4.60. The van der Waals surface area contributed by atoms with E-state index in [2.05, 4.69) is 4.98 Å². The summed E-state index contributed by atoms with van der Waals surface area (Å²) in [5, 5.41) is -0.453. The molecule has 39 heavy (non-hydrogen) atoms. The van der Waals surface area contributed by atoms with E-state index in [1.807, 2.05) is 0 Å². The van der Waals surface area contributed by atoms with Crippen molar-refractivity contribution in [1.82, 2.24) is 9.55 Å². The van der Waals surface area contributed by atoms with Gasteiger partial charge in [-0.1, -0.05) is 17.7 Å². The van der Waals surface area contributed by atoms with Crippen LogP contribution in [0.4, 0.5) is 19.0 Å². The van der Waals surface area contributed by atoms with Crippen LogP contribution in [0.1, 0.15) is 22.3 Å². The molecular formula is C26H21F3N4O5S. The number of hydrogen-bond donors (Lipinski definition) is 1. The maximum absolute atomic E-state index is 15.2. The molecule has 2 N–H and O–H groups in total. The van der Waals surface area contributed by atoms with Crippen LogP contribution in [0.3, 0.4) is 0 Å². The zero-order chi connectivity index (χ0) is 28.1. The second-order valence-corrected chi connectivity index (χ2v) is 10.7. The molecule has 5 rings (SSSR count). The van der Waals surface area contributed by atoms with Crippen LogP contribution in [0, 0.1) is 24.4 Å². The smallest absolute Gasteiger partial charge is 0.353 e. The largest absolute Gasteiger partial charge is 0.359 e. The lowest BCUT2D eigenvalue weighted by molar-refractivity contribution is 0.0745. The van der Waals surface area contributed by atoms with Gasteiger partial charge in [-0.15, -0.1) is 0 Å². The van der Waals surface area contributed by atoms with Gasteiger partial charge in [-0.05, 0) is 43.7 Å². The van der Waals surface area contributed by atoms with Gasteiger partial charge < -0.3 is 14.8 Å². The van der Waals surface area contributed by atoms with Crippen LogP contribution in [-0.2, 0) is 14.3 Å². The Balaban J connectivity index is 1.69. The van der Waals surface area contributed by atoms with Crippen molar-refractivity contribution < 1.29 is 30.6 Å². The van der Waals surface area contributed by atoms with Crippen molar-refractivity contribution in [3.63, 3.8) is 0 Å². The van der Waals surface area contributed by atoms with E-state index in [0.29, 0.717) is 19.0 Å². The predicted molar refractivity (Wildman–Crippen MR) is 136 cm³/mol. The summed E-state index contributed by atoms with van der Waals surface area (Å²) in [5.41, 5.74) is 4.17. The summed E-state index contributed by atoms with van der Waals surface area (Å²) in [4.78, 5) is 31.7. The number of aromatic nitrogens is 2. The molecule has 2 aromatic heterocycles.